The highest BCUT2D eigenvalue weighted by Gasteiger charge is 2.13. The van der Waals surface area contributed by atoms with E-state index in [1.54, 1.807) is 18.2 Å². The van der Waals surface area contributed by atoms with Crippen molar-refractivity contribution in [1.82, 2.24) is 4.57 Å². The first-order valence-corrected chi connectivity index (χ1v) is 10.8. The van der Waals surface area contributed by atoms with E-state index in [9.17, 15) is 15.4 Å². The molecule has 0 atom stereocenters. The van der Waals surface area contributed by atoms with Gasteiger partial charge in [-0.2, -0.15) is 5.26 Å². The van der Waals surface area contributed by atoms with Crippen molar-refractivity contribution in [2.75, 3.05) is 0 Å². The molecule has 6 nitrogen and oxygen atoms in total. The molecular formula is C28H23N3O3. The normalized spacial score (nSPS) is 11.1. The lowest BCUT2D eigenvalue weighted by Crippen LogP contribution is -2.00. The highest BCUT2D eigenvalue weighted by atomic mass is 16.6. The standard InChI is InChI=1S/C28H23N3O3/c1-20-15-24(16-25(18-29)23-9-6-10-27(17-23)31(32)33)21(2)30(20)26-11-13-28(14-12-26)34-19-22-7-4-3-5-8-22/h3-17H,19H2,1-2H3. The largest absolute Gasteiger partial charge is 0.489 e. The number of aryl methyl sites for hydroxylation is 1. The number of benzene rings is 3. The van der Waals surface area contributed by atoms with Gasteiger partial charge in [0.1, 0.15) is 12.4 Å². The predicted molar refractivity (Wildman–Crippen MR) is 133 cm³/mol. The molecule has 1 aromatic heterocycles. The summed E-state index contributed by atoms with van der Waals surface area (Å²) in [4.78, 5) is 10.6. The molecule has 0 aliphatic carbocycles. The molecule has 3 aromatic carbocycles. The molecule has 4 rings (SSSR count). The minimum absolute atomic E-state index is 0.0429. The third kappa shape index (κ3) is 4.89. The number of non-ortho nitro benzene ring substituents is 1. The highest BCUT2D eigenvalue weighted by molar-refractivity contribution is 5.90. The average molecular weight is 450 g/mol. The SMILES string of the molecule is Cc1cc(C=C(C#N)c2cccc([N+](=O)[O-])c2)c(C)n1-c1ccc(OCc2ccccc2)cc1. The second-order valence-corrected chi connectivity index (χ2v) is 7.91. The Bertz CT molecular complexity index is 1400. The van der Waals surface area contributed by atoms with Gasteiger partial charge in [-0.3, -0.25) is 10.1 Å². The van der Waals surface area contributed by atoms with E-state index in [-0.39, 0.29) is 5.69 Å². The van der Waals surface area contributed by atoms with E-state index in [0.29, 0.717) is 17.7 Å². The number of hydrogen-bond donors (Lipinski definition) is 0. The van der Waals surface area contributed by atoms with Gasteiger partial charge in [0, 0.05) is 29.2 Å². The van der Waals surface area contributed by atoms with E-state index in [4.69, 9.17) is 4.74 Å². The number of nitro groups is 1. The number of rotatable bonds is 7. The van der Waals surface area contributed by atoms with Crippen molar-refractivity contribution in [3.63, 3.8) is 0 Å². The second kappa shape index (κ2) is 9.88. The van der Waals surface area contributed by atoms with E-state index in [1.807, 2.05) is 74.5 Å². The molecule has 0 unspecified atom stereocenters. The maximum Gasteiger partial charge on any atom is 0.270 e. The summed E-state index contributed by atoms with van der Waals surface area (Å²) in [6.45, 7) is 4.50. The molecule has 0 spiro atoms. The molecule has 0 bridgehead atoms. The van der Waals surface area contributed by atoms with Crippen LogP contribution in [0, 0.1) is 35.3 Å². The number of allylic oxidation sites excluding steroid dienone is 1. The summed E-state index contributed by atoms with van der Waals surface area (Å²) < 4.78 is 7.99. The Morgan fingerprint density at radius 3 is 2.44 bits per heavy atom. The molecule has 6 heteroatoms. The van der Waals surface area contributed by atoms with Crippen LogP contribution in [0.5, 0.6) is 5.75 Å². The summed E-state index contributed by atoms with van der Waals surface area (Å²) in [6.07, 6.45) is 1.77. The van der Waals surface area contributed by atoms with Crippen LogP contribution in [0.1, 0.15) is 28.1 Å². The molecule has 34 heavy (non-hydrogen) atoms. The minimum Gasteiger partial charge on any atom is -0.489 e. The monoisotopic (exact) mass is 449 g/mol. The first-order valence-electron chi connectivity index (χ1n) is 10.8. The molecule has 168 valence electrons. The van der Waals surface area contributed by atoms with Crippen LogP contribution in [0.15, 0.2) is 84.9 Å². The number of hydrogen-bond acceptors (Lipinski definition) is 4. The third-order valence-corrected chi connectivity index (χ3v) is 5.60. The fourth-order valence-electron chi connectivity index (χ4n) is 3.89. The summed E-state index contributed by atoms with van der Waals surface area (Å²) >= 11 is 0. The Balaban J connectivity index is 1.59. The molecule has 0 fully saturated rings. The van der Waals surface area contributed by atoms with Crippen LogP contribution in [0.4, 0.5) is 5.69 Å². The maximum absolute atomic E-state index is 11.1. The molecular weight excluding hydrogens is 426 g/mol. The van der Waals surface area contributed by atoms with Crippen LogP contribution in [0.2, 0.25) is 0 Å². The quantitative estimate of drug-likeness (QED) is 0.180. The first kappa shape index (κ1) is 22.6. The van der Waals surface area contributed by atoms with Crippen molar-refractivity contribution < 1.29 is 9.66 Å². The zero-order valence-corrected chi connectivity index (χ0v) is 18.9. The summed E-state index contributed by atoms with van der Waals surface area (Å²) in [5, 5.41) is 20.8. The minimum atomic E-state index is -0.461. The summed E-state index contributed by atoms with van der Waals surface area (Å²) in [6, 6.07) is 28.2. The topological polar surface area (TPSA) is 81.1 Å². The van der Waals surface area contributed by atoms with E-state index < -0.39 is 4.92 Å². The van der Waals surface area contributed by atoms with Crippen LogP contribution in [0.3, 0.4) is 0 Å². The Morgan fingerprint density at radius 1 is 1.03 bits per heavy atom. The molecule has 0 radical (unpaired) electrons. The van der Waals surface area contributed by atoms with Crippen LogP contribution in [-0.2, 0) is 6.61 Å². The summed E-state index contributed by atoms with van der Waals surface area (Å²) in [7, 11) is 0. The van der Waals surface area contributed by atoms with Crippen molar-refractivity contribution in [2.45, 2.75) is 20.5 Å². The number of aromatic nitrogens is 1. The van der Waals surface area contributed by atoms with Crippen molar-refractivity contribution in [3.8, 4) is 17.5 Å². The first-order chi connectivity index (χ1) is 16.5. The number of nitriles is 1. The highest BCUT2D eigenvalue weighted by Crippen LogP contribution is 2.27. The summed E-state index contributed by atoms with van der Waals surface area (Å²) in [5.41, 5.74) is 5.79. The number of ether oxygens (including phenoxy) is 1. The lowest BCUT2D eigenvalue weighted by atomic mass is 10.0. The van der Waals surface area contributed by atoms with Gasteiger partial charge < -0.3 is 9.30 Å². The zero-order chi connectivity index (χ0) is 24.1. The smallest absolute Gasteiger partial charge is 0.270 e. The van der Waals surface area contributed by atoms with Gasteiger partial charge in [-0.25, -0.2) is 0 Å². The van der Waals surface area contributed by atoms with Gasteiger partial charge in [0.2, 0.25) is 0 Å². The Morgan fingerprint density at radius 2 is 1.76 bits per heavy atom. The molecule has 4 aromatic rings. The Labute approximate surface area is 198 Å². The molecule has 0 amide bonds. The lowest BCUT2D eigenvalue weighted by Gasteiger charge is -2.11. The van der Waals surface area contributed by atoms with Crippen molar-refractivity contribution in [3.05, 3.63) is 123 Å². The van der Waals surface area contributed by atoms with Gasteiger partial charge in [-0.15, -0.1) is 0 Å². The van der Waals surface area contributed by atoms with Crippen molar-refractivity contribution in [2.24, 2.45) is 0 Å². The van der Waals surface area contributed by atoms with Crippen LogP contribution in [0.25, 0.3) is 17.3 Å². The van der Waals surface area contributed by atoms with Crippen molar-refractivity contribution >= 4 is 17.3 Å². The van der Waals surface area contributed by atoms with Gasteiger partial charge in [0.05, 0.1) is 16.6 Å². The number of nitrogens with zero attached hydrogens (tertiary/aromatic N) is 3. The molecule has 1 heterocycles. The Hall–Kier alpha value is -4.63. The van der Waals surface area contributed by atoms with Gasteiger partial charge in [0.25, 0.3) is 5.69 Å². The molecule has 0 N–H and O–H groups in total. The predicted octanol–water partition coefficient (Wildman–Crippen LogP) is 6.65. The maximum atomic E-state index is 11.1. The zero-order valence-electron chi connectivity index (χ0n) is 18.9. The van der Waals surface area contributed by atoms with Gasteiger partial charge in [0.15, 0.2) is 0 Å². The fraction of sp³-hybridized carbons (Fsp3) is 0.107. The van der Waals surface area contributed by atoms with E-state index in [1.165, 1.54) is 12.1 Å². The van der Waals surface area contributed by atoms with Crippen LogP contribution >= 0.6 is 0 Å². The van der Waals surface area contributed by atoms with Crippen LogP contribution < -0.4 is 4.74 Å². The van der Waals surface area contributed by atoms with Gasteiger partial charge >= 0.3 is 0 Å². The van der Waals surface area contributed by atoms with Crippen LogP contribution in [-0.4, -0.2) is 9.49 Å². The molecule has 0 aliphatic rings. The molecule has 0 aliphatic heterocycles. The summed E-state index contributed by atoms with van der Waals surface area (Å²) in [5.74, 6) is 0.785. The van der Waals surface area contributed by atoms with Crippen molar-refractivity contribution in [1.29, 1.82) is 5.26 Å². The van der Waals surface area contributed by atoms with E-state index >= 15 is 0 Å². The van der Waals surface area contributed by atoms with Gasteiger partial charge in [-0.1, -0.05) is 42.5 Å². The molecule has 0 saturated heterocycles. The average Bonchev–Trinajstić information content (AvgIpc) is 3.14. The fourth-order valence-corrected chi connectivity index (χ4v) is 3.89. The van der Waals surface area contributed by atoms with Gasteiger partial charge in [-0.05, 0) is 66.9 Å². The van der Waals surface area contributed by atoms with E-state index in [0.717, 1.165) is 34.0 Å². The van der Waals surface area contributed by atoms with E-state index in [2.05, 4.69) is 10.6 Å². The molecule has 0 saturated carbocycles. The Kier molecular flexibility index (Phi) is 6.56. The second-order valence-electron chi connectivity index (χ2n) is 7.91. The number of nitro benzene ring substituents is 1. The lowest BCUT2D eigenvalue weighted by molar-refractivity contribution is -0.384. The third-order valence-electron chi connectivity index (χ3n) is 5.60.